The molecule has 0 spiro atoms. The first-order valence-electron chi connectivity index (χ1n) is 8.07. The number of hydrogen-bond acceptors (Lipinski definition) is 6. The molecule has 136 valence electrons. The number of halogens is 2. The van der Waals surface area contributed by atoms with Crippen LogP contribution in [0.15, 0.2) is 27.2 Å². The zero-order valence-corrected chi connectivity index (χ0v) is 15.1. The summed E-state index contributed by atoms with van der Waals surface area (Å²) in [6, 6.07) is 2.91. The average molecular weight is 377 g/mol. The summed E-state index contributed by atoms with van der Waals surface area (Å²) in [6.45, 7) is 3.49. The molecule has 26 heavy (non-hydrogen) atoms. The van der Waals surface area contributed by atoms with E-state index in [0.717, 1.165) is 5.76 Å². The molecule has 6 nitrogen and oxygen atoms in total. The fourth-order valence-electron chi connectivity index (χ4n) is 2.47. The molecule has 0 amide bonds. The van der Waals surface area contributed by atoms with Crippen LogP contribution in [0.4, 0.5) is 10.2 Å². The highest BCUT2D eigenvalue weighted by molar-refractivity contribution is 6.28. The van der Waals surface area contributed by atoms with Gasteiger partial charge < -0.3 is 19.9 Å². The Kier molecular flexibility index (Phi) is 5.45. The number of rotatable bonds is 6. The molecule has 0 saturated carbocycles. The summed E-state index contributed by atoms with van der Waals surface area (Å²) in [7, 11) is 0. The average Bonchev–Trinajstić information content (AvgIpc) is 3.22. The third kappa shape index (κ3) is 3.82. The number of nitrogens with zero attached hydrogens (tertiary/aromatic N) is 2. The van der Waals surface area contributed by atoms with E-state index in [-0.39, 0.29) is 11.7 Å². The van der Waals surface area contributed by atoms with Crippen LogP contribution in [-0.2, 0) is 13.0 Å². The van der Waals surface area contributed by atoms with Crippen LogP contribution in [0.3, 0.4) is 0 Å². The van der Waals surface area contributed by atoms with Crippen molar-refractivity contribution < 1.29 is 13.2 Å². The fourth-order valence-corrected chi connectivity index (χ4v) is 2.64. The predicted molar refractivity (Wildman–Crippen MR) is 97.7 cm³/mol. The zero-order valence-electron chi connectivity index (χ0n) is 14.3. The minimum absolute atomic E-state index is 0.0501. The molecule has 0 aliphatic rings. The van der Waals surface area contributed by atoms with Crippen molar-refractivity contribution in [3.05, 3.63) is 40.8 Å². The van der Waals surface area contributed by atoms with Gasteiger partial charge in [-0.2, -0.15) is 4.98 Å². The van der Waals surface area contributed by atoms with Crippen molar-refractivity contribution in [3.63, 3.8) is 0 Å². The molecule has 3 heterocycles. The molecule has 3 rings (SSSR count). The van der Waals surface area contributed by atoms with Gasteiger partial charge in [-0.3, -0.25) is 0 Å². The SMILES string of the molecule is CC#Cc1c(C[C@@H](N)[C@H](C)F)oc2c(NCc3ccco3)nc(Cl)nc12. The molecule has 0 fully saturated rings. The number of fused-ring (bicyclic) bond motifs is 1. The second-order valence-corrected chi connectivity index (χ2v) is 6.11. The Morgan fingerprint density at radius 2 is 2.23 bits per heavy atom. The number of anilines is 1. The van der Waals surface area contributed by atoms with E-state index in [0.29, 0.717) is 34.8 Å². The third-order valence-electron chi connectivity index (χ3n) is 3.85. The highest BCUT2D eigenvalue weighted by atomic mass is 35.5. The quantitative estimate of drug-likeness (QED) is 0.503. The van der Waals surface area contributed by atoms with E-state index in [1.165, 1.54) is 6.92 Å². The Bertz CT molecular complexity index is 957. The Balaban J connectivity index is 2.04. The van der Waals surface area contributed by atoms with Crippen molar-refractivity contribution in [2.75, 3.05) is 5.32 Å². The van der Waals surface area contributed by atoms with Crippen molar-refractivity contribution in [1.82, 2.24) is 9.97 Å². The van der Waals surface area contributed by atoms with Gasteiger partial charge >= 0.3 is 0 Å². The molecule has 0 aliphatic heterocycles. The summed E-state index contributed by atoms with van der Waals surface area (Å²) in [4.78, 5) is 8.42. The molecule has 0 aromatic carbocycles. The Morgan fingerprint density at radius 1 is 1.42 bits per heavy atom. The first kappa shape index (κ1) is 18.2. The lowest BCUT2D eigenvalue weighted by atomic mass is 10.1. The molecular formula is C18H18ClFN4O2. The minimum Gasteiger partial charge on any atom is -0.467 e. The van der Waals surface area contributed by atoms with Crippen LogP contribution < -0.4 is 11.1 Å². The maximum atomic E-state index is 13.5. The number of nitrogens with one attached hydrogen (secondary N) is 1. The standard InChI is InChI=1S/C18H18ClFN4O2/c1-3-5-12-14(8-13(21)10(2)20)26-16-15(12)23-18(19)24-17(16)22-9-11-6-4-7-25-11/h4,6-7,10,13H,8-9,21H2,1-2H3,(H,22,23,24)/t10-,13+/m0/s1. The number of aromatic nitrogens is 2. The lowest BCUT2D eigenvalue weighted by Gasteiger charge is -2.10. The van der Waals surface area contributed by atoms with Gasteiger partial charge in [0.05, 0.1) is 18.4 Å². The number of hydrogen-bond donors (Lipinski definition) is 2. The molecule has 3 N–H and O–H groups in total. The molecule has 2 atom stereocenters. The van der Waals surface area contributed by atoms with Crippen LogP contribution in [0, 0.1) is 11.8 Å². The van der Waals surface area contributed by atoms with Crippen LogP contribution >= 0.6 is 11.6 Å². The van der Waals surface area contributed by atoms with Crippen molar-refractivity contribution in [2.24, 2.45) is 5.73 Å². The van der Waals surface area contributed by atoms with Gasteiger partial charge in [-0.15, -0.1) is 5.92 Å². The molecule has 0 radical (unpaired) electrons. The van der Waals surface area contributed by atoms with E-state index in [1.54, 1.807) is 19.3 Å². The first-order valence-corrected chi connectivity index (χ1v) is 8.45. The van der Waals surface area contributed by atoms with Gasteiger partial charge in [-0.1, -0.05) is 5.92 Å². The van der Waals surface area contributed by atoms with Crippen LogP contribution in [0.1, 0.15) is 30.9 Å². The van der Waals surface area contributed by atoms with Crippen molar-refractivity contribution in [2.45, 2.75) is 39.0 Å². The van der Waals surface area contributed by atoms with Crippen LogP contribution in [0.5, 0.6) is 0 Å². The van der Waals surface area contributed by atoms with E-state index in [4.69, 9.17) is 26.2 Å². The minimum atomic E-state index is -1.18. The van der Waals surface area contributed by atoms with Gasteiger partial charge in [0.1, 0.15) is 23.2 Å². The van der Waals surface area contributed by atoms with E-state index in [1.807, 2.05) is 6.07 Å². The van der Waals surface area contributed by atoms with Gasteiger partial charge in [0.2, 0.25) is 5.28 Å². The second-order valence-electron chi connectivity index (χ2n) is 5.77. The summed E-state index contributed by atoms with van der Waals surface area (Å²) in [6.07, 6.45) is 0.587. The van der Waals surface area contributed by atoms with E-state index >= 15 is 0 Å². The Labute approximate surface area is 154 Å². The third-order valence-corrected chi connectivity index (χ3v) is 4.02. The van der Waals surface area contributed by atoms with Crippen LogP contribution in [0.2, 0.25) is 5.28 Å². The van der Waals surface area contributed by atoms with Gasteiger partial charge in [-0.05, 0) is 37.6 Å². The second kappa shape index (κ2) is 7.77. The van der Waals surface area contributed by atoms with E-state index in [2.05, 4.69) is 27.1 Å². The number of alkyl halides is 1. The van der Waals surface area contributed by atoms with Crippen LogP contribution in [0.25, 0.3) is 11.1 Å². The molecule has 3 aromatic rings. The van der Waals surface area contributed by atoms with Crippen LogP contribution in [-0.4, -0.2) is 22.2 Å². The lowest BCUT2D eigenvalue weighted by molar-refractivity contribution is 0.296. The summed E-state index contributed by atoms with van der Waals surface area (Å²) in [5.41, 5.74) is 7.26. The molecule has 3 aromatic heterocycles. The predicted octanol–water partition coefficient (Wildman–Crippen LogP) is 3.68. The summed E-state index contributed by atoms with van der Waals surface area (Å²) < 4.78 is 24.7. The first-order chi connectivity index (χ1) is 12.5. The maximum absolute atomic E-state index is 13.5. The zero-order chi connectivity index (χ0) is 18.7. The maximum Gasteiger partial charge on any atom is 0.225 e. The highest BCUT2D eigenvalue weighted by Crippen LogP contribution is 2.31. The normalized spacial score (nSPS) is 13.3. The molecule has 8 heteroatoms. The molecular weight excluding hydrogens is 359 g/mol. The van der Waals surface area contributed by atoms with Crippen molar-refractivity contribution in [1.29, 1.82) is 0 Å². The smallest absolute Gasteiger partial charge is 0.225 e. The monoisotopic (exact) mass is 376 g/mol. The molecule has 0 unspecified atom stereocenters. The molecule has 0 bridgehead atoms. The van der Waals surface area contributed by atoms with Gasteiger partial charge in [-0.25, -0.2) is 9.37 Å². The van der Waals surface area contributed by atoms with Gasteiger partial charge in [0.15, 0.2) is 11.4 Å². The topological polar surface area (TPSA) is 90.1 Å². The summed E-state index contributed by atoms with van der Waals surface area (Å²) in [5, 5.41) is 3.16. The van der Waals surface area contributed by atoms with Gasteiger partial charge in [0, 0.05) is 12.5 Å². The van der Waals surface area contributed by atoms with Crippen molar-refractivity contribution in [3.8, 4) is 11.8 Å². The number of furan rings is 2. The number of nitrogens with two attached hydrogens (primary N) is 1. The van der Waals surface area contributed by atoms with Gasteiger partial charge in [0.25, 0.3) is 0 Å². The molecule has 0 aliphatic carbocycles. The summed E-state index contributed by atoms with van der Waals surface area (Å²) in [5.74, 6) is 7.36. The fraction of sp³-hybridized carbons (Fsp3) is 0.333. The highest BCUT2D eigenvalue weighted by Gasteiger charge is 2.23. The largest absolute Gasteiger partial charge is 0.467 e. The van der Waals surface area contributed by atoms with E-state index in [9.17, 15) is 4.39 Å². The summed E-state index contributed by atoms with van der Waals surface area (Å²) >= 11 is 6.06. The lowest BCUT2D eigenvalue weighted by Crippen LogP contribution is -2.31. The Hall–Kier alpha value is -2.56. The van der Waals surface area contributed by atoms with E-state index < -0.39 is 12.2 Å². The van der Waals surface area contributed by atoms with Crippen molar-refractivity contribution >= 4 is 28.5 Å². The Morgan fingerprint density at radius 3 is 2.88 bits per heavy atom. The molecule has 0 saturated heterocycles.